The van der Waals surface area contributed by atoms with Gasteiger partial charge in [0, 0.05) is 17.6 Å². The van der Waals surface area contributed by atoms with Gasteiger partial charge in [-0.05, 0) is 45.9 Å². The van der Waals surface area contributed by atoms with Crippen molar-refractivity contribution >= 4 is 18.3 Å². The number of halogens is 1. The number of ether oxygens (including phenoxy) is 2. The molecule has 1 amide bonds. The zero-order chi connectivity index (χ0) is 15.3. The van der Waals surface area contributed by atoms with E-state index in [9.17, 15) is 4.79 Å². The van der Waals surface area contributed by atoms with Crippen LogP contribution in [0.25, 0.3) is 0 Å². The van der Waals surface area contributed by atoms with Gasteiger partial charge in [0.1, 0.15) is 0 Å². The lowest BCUT2D eigenvalue weighted by atomic mass is 10.1. The van der Waals surface area contributed by atoms with Gasteiger partial charge < -0.3 is 20.5 Å². The summed E-state index contributed by atoms with van der Waals surface area (Å²) in [6.45, 7) is 7.98. The van der Waals surface area contributed by atoms with E-state index in [-0.39, 0.29) is 24.4 Å². The van der Waals surface area contributed by atoms with E-state index in [2.05, 4.69) is 5.32 Å². The molecule has 120 valence electrons. The molecule has 0 bridgehead atoms. The molecule has 0 aliphatic rings. The largest absolute Gasteiger partial charge is 0.493 e. The first-order valence-electron chi connectivity index (χ1n) is 6.64. The fourth-order valence-corrected chi connectivity index (χ4v) is 1.57. The lowest BCUT2D eigenvalue weighted by molar-refractivity contribution is 0.0945. The third kappa shape index (κ3) is 6.69. The average Bonchev–Trinajstić information content (AvgIpc) is 2.34. The Morgan fingerprint density at radius 3 is 2.43 bits per heavy atom. The molecule has 0 saturated carbocycles. The fraction of sp³-hybridized carbons (Fsp3) is 0.533. The molecule has 21 heavy (non-hydrogen) atoms. The maximum atomic E-state index is 12.0. The Hall–Kier alpha value is -1.46. The van der Waals surface area contributed by atoms with Gasteiger partial charge in [0.2, 0.25) is 0 Å². The molecule has 0 aliphatic carbocycles. The highest BCUT2D eigenvalue weighted by Gasteiger charge is 2.15. The van der Waals surface area contributed by atoms with E-state index >= 15 is 0 Å². The molecule has 0 fully saturated rings. The van der Waals surface area contributed by atoms with Crippen molar-refractivity contribution in [1.29, 1.82) is 0 Å². The number of hydrogen-bond acceptors (Lipinski definition) is 4. The molecule has 6 heteroatoms. The van der Waals surface area contributed by atoms with E-state index in [4.69, 9.17) is 15.2 Å². The highest BCUT2D eigenvalue weighted by Crippen LogP contribution is 2.28. The Morgan fingerprint density at radius 1 is 1.33 bits per heavy atom. The normalized spacial score (nSPS) is 10.8. The maximum absolute atomic E-state index is 12.0. The standard InChI is InChI=1S/C15H24N2O3.ClH/c1-10(2)20-12-7-6-11(8-13(12)19-5)14(18)17-9-15(3,4)16;/h6-8,10H,9,16H2,1-5H3,(H,17,18);1H. The molecule has 0 saturated heterocycles. The van der Waals surface area contributed by atoms with Crippen LogP contribution in [0.3, 0.4) is 0 Å². The van der Waals surface area contributed by atoms with Crippen LogP contribution in [-0.4, -0.2) is 31.2 Å². The van der Waals surface area contributed by atoms with Crippen LogP contribution in [0.15, 0.2) is 18.2 Å². The monoisotopic (exact) mass is 316 g/mol. The van der Waals surface area contributed by atoms with Crippen molar-refractivity contribution in [2.24, 2.45) is 5.73 Å². The first-order valence-corrected chi connectivity index (χ1v) is 6.64. The second kappa shape index (κ2) is 8.10. The Morgan fingerprint density at radius 2 is 1.95 bits per heavy atom. The van der Waals surface area contributed by atoms with Gasteiger partial charge in [-0.1, -0.05) is 0 Å². The summed E-state index contributed by atoms with van der Waals surface area (Å²) in [5.41, 5.74) is 5.91. The lowest BCUT2D eigenvalue weighted by Gasteiger charge is -2.19. The van der Waals surface area contributed by atoms with E-state index in [1.165, 1.54) is 0 Å². The van der Waals surface area contributed by atoms with Crippen molar-refractivity contribution in [3.05, 3.63) is 23.8 Å². The number of carbonyl (C=O) groups is 1. The third-order valence-corrected chi connectivity index (χ3v) is 2.49. The number of hydrogen-bond donors (Lipinski definition) is 2. The van der Waals surface area contributed by atoms with Crippen molar-refractivity contribution in [1.82, 2.24) is 5.32 Å². The van der Waals surface area contributed by atoms with Crippen molar-refractivity contribution in [2.75, 3.05) is 13.7 Å². The van der Waals surface area contributed by atoms with Gasteiger partial charge in [0.15, 0.2) is 11.5 Å². The lowest BCUT2D eigenvalue weighted by Crippen LogP contribution is -2.45. The van der Waals surface area contributed by atoms with Crippen LogP contribution in [0.1, 0.15) is 38.1 Å². The number of benzene rings is 1. The van der Waals surface area contributed by atoms with Crippen LogP contribution >= 0.6 is 12.4 Å². The van der Waals surface area contributed by atoms with Crippen LogP contribution < -0.4 is 20.5 Å². The van der Waals surface area contributed by atoms with Gasteiger partial charge in [-0.2, -0.15) is 0 Å². The highest BCUT2D eigenvalue weighted by molar-refractivity contribution is 5.94. The van der Waals surface area contributed by atoms with E-state index in [1.807, 2.05) is 27.7 Å². The van der Waals surface area contributed by atoms with E-state index in [1.54, 1.807) is 25.3 Å². The SMILES string of the molecule is COc1cc(C(=O)NCC(C)(C)N)ccc1OC(C)C.Cl. The minimum absolute atomic E-state index is 0. The Labute approximate surface area is 132 Å². The van der Waals surface area contributed by atoms with E-state index < -0.39 is 5.54 Å². The minimum atomic E-state index is -0.444. The van der Waals surface area contributed by atoms with Gasteiger partial charge in [-0.3, -0.25) is 4.79 Å². The molecule has 0 atom stereocenters. The summed E-state index contributed by atoms with van der Waals surface area (Å²) in [7, 11) is 1.55. The number of rotatable bonds is 6. The number of carbonyl (C=O) groups excluding carboxylic acids is 1. The fourth-order valence-electron chi connectivity index (χ4n) is 1.57. The quantitative estimate of drug-likeness (QED) is 0.845. The van der Waals surface area contributed by atoms with E-state index in [0.717, 1.165) is 0 Å². The number of amides is 1. The molecule has 0 unspecified atom stereocenters. The molecule has 1 aromatic rings. The first-order chi connectivity index (χ1) is 9.23. The number of nitrogens with one attached hydrogen (secondary N) is 1. The molecule has 0 spiro atoms. The van der Waals surface area contributed by atoms with Gasteiger partial charge in [0.05, 0.1) is 13.2 Å². The first kappa shape index (κ1) is 19.5. The van der Waals surface area contributed by atoms with Crippen LogP contribution in [0.4, 0.5) is 0 Å². The van der Waals surface area contributed by atoms with Gasteiger partial charge in [-0.15, -0.1) is 12.4 Å². The summed E-state index contributed by atoms with van der Waals surface area (Å²) in [5.74, 6) is 0.981. The summed E-state index contributed by atoms with van der Waals surface area (Å²) in [4.78, 5) is 12.0. The number of nitrogens with two attached hydrogens (primary N) is 1. The second-order valence-electron chi connectivity index (χ2n) is 5.70. The van der Waals surface area contributed by atoms with Crippen molar-refractivity contribution in [2.45, 2.75) is 39.3 Å². The molecule has 0 radical (unpaired) electrons. The number of methoxy groups -OCH3 is 1. The van der Waals surface area contributed by atoms with E-state index in [0.29, 0.717) is 23.6 Å². The van der Waals surface area contributed by atoms with Gasteiger partial charge in [0.25, 0.3) is 5.91 Å². The highest BCUT2D eigenvalue weighted by atomic mass is 35.5. The van der Waals surface area contributed by atoms with Crippen molar-refractivity contribution < 1.29 is 14.3 Å². The van der Waals surface area contributed by atoms with Gasteiger partial charge >= 0.3 is 0 Å². The molecule has 0 aromatic heterocycles. The van der Waals surface area contributed by atoms with Crippen molar-refractivity contribution in [3.8, 4) is 11.5 Å². The smallest absolute Gasteiger partial charge is 0.251 e. The van der Waals surface area contributed by atoms with Crippen LogP contribution in [0.5, 0.6) is 11.5 Å². The second-order valence-corrected chi connectivity index (χ2v) is 5.70. The zero-order valence-corrected chi connectivity index (χ0v) is 14.0. The molecular formula is C15H25ClN2O3. The summed E-state index contributed by atoms with van der Waals surface area (Å²) in [6, 6.07) is 5.11. The topological polar surface area (TPSA) is 73.6 Å². The Kier molecular flexibility index (Phi) is 7.53. The van der Waals surface area contributed by atoms with Crippen LogP contribution in [-0.2, 0) is 0 Å². The molecule has 0 heterocycles. The summed E-state index contributed by atoms with van der Waals surface area (Å²) in [6.07, 6.45) is 0.0432. The van der Waals surface area contributed by atoms with Crippen LogP contribution in [0.2, 0.25) is 0 Å². The molecule has 3 N–H and O–H groups in total. The summed E-state index contributed by atoms with van der Waals surface area (Å²) in [5, 5.41) is 2.79. The molecule has 5 nitrogen and oxygen atoms in total. The molecular weight excluding hydrogens is 292 g/mol. The predicted molar refractivity (Wildman–Crippen MR) is 86.6 cm³/mol. The molecule has 0 aliphatic heterocycles. The Bertz CT molecular complexity index is 470. The minimum Gasteiger partial charge on any atom is -0.493 e. The third-order valence-electron chi connectivity index (χ3n) is 2.49. The van der Waals surface area contributed by atoms with Gasteiger partial charge in [-0.25, -0.2) is 0 Å². The van der Waals surface area contributed by atoms with Crippen LogP contribution in [0, 0.1) is 0 Å². The average molecular weight is 317 g/mol. The van der Waals surface area contributed by atoms with Crippen molar-refractivity contribution in [3.63, 3.8) is 0 Å². The summed E-state index contributed by atoms with van der Waals surface area (Å²) >= 11 is 0. The predicted octanol–water partition coefficient (Wildman–Crippen LogP) is 2.37. The Balaban J connectivity index is 0.00000400. The zero-order valence-electron chi connectivity index (χ0n) is 13.2. The summed E-state index contributed by atoms with van der Waals surface area (Å²) < 4.78 is 10.9. The maximum Gasteiger partial charge on any atom is 0.251 e. The molecule has 1 rings (SSSR count). The molecule has 1 aromatic carbocycles.